The highest BCUT2D eigenvalue weighted by molar-refractivity contribution is 6.13. The number of rotatable bonds is 5. The Hall–Kier alpha value is -5.56. The zero-order chi connectivity index (χ0) is 38.4. The molecule has 0 aliphatic heterocycles. The molecule has 0 amide bonds. The molecule has 4 unspecified atom stereocenters. The maximum Gasteiger partial charge on any atom is 0.204 e. The Morgan fingerprint density at radius 2 is 1.35 bits per heavy atom. The first-order valence-corrected chi connectivity index (χ1v) is 19.8. The van der Waals surface area contributed by atoms with Gasteiger partial charge in [-0.1, -0.05) is 80.6 Å². The van der Waals surface area contributed by atoms with E-state index >= 15 is 0 Å². The Bertz CT molecular complexity index is 2470. The number of fused-ring (bicyclic) bond motifs is 3. The second-order valence-corrected chi connectivity index (χ2v) is 16.5. The highest BCUT2D eigenvalue weighted by Crippen LogP contribution is 2.61. The van der Waals surface area contributed by atoms with E-state index in [1.807, 2.05) is 18.2 Å². The van der Waals surface area contributed by atoms with Crippen molar-refractivity contribution in [3.8, 4) is 73.6 Å². The van der Waals surface area contributed by atoms with Crippen LogP contribution in [0.15, 0.2) is 72.8 Å². The van der Waals surface area contributed by atoms with Crippen LogP contribution in [0.3, 0.4) is 0 Å². The zero-order valence-corrected chi connectivity index (χ0v) is 31.5. The highest BCUT2D eigenvalue weighted by atomic mass is 16.3. The van der Waals surface area contributed by atoms with Crippen molar-refractivity contribution in [2.75, 3.05) is 0 Å². The predicted octanol–water partition coefficient (Wildman–Crippen LogP) is 11.3. The van der Waals surface area contributed by atoms with Crippen LogP contribution in [-0.4, -0.2) is 35.7 Å². The van der Waals surface area contributed by atoms with Gasteiger partial charge in [0.25, 0.3) is 0 Å². The first kappa shape index (κ1) is 35.2. The van der Waals surface area contributed by atoms with E-state index in [-0.39, 0.29) is 28.2 Å². The van der Waals surface area contributed by atoms with Gasteiger partial charge >= 0.3 is 0 Å². The normalized spacial score (nSPS) is 23.1. The van der Waals surface area contributed by atoms with Gasteiger partial charge in [0.2, 0.25) is 11.5 Å². The lowest BCUT2D eigenvalue weighted by atomic mass is 9.62. The Labute approximate surface area is 321 Å². The molecule has 0 heterocycles. The van der Waals surface area contributed by atoms with Crippen LogP contribution in [0.5, 0.6) is 40.2 Å². The van der Waals surface area contributed by atoms with E-state index < -0.39 is 40.2 Å². The Morgan fingerprint density at radius 1 is 0.600 bits per heavy atom. The molecule has 0 radical (unpaired) electrons. The summed E-state index contributed by atoms with van der Waals surface area (Å²) in [6.45, 7) is 5.99. The minimum absolute atomic E-state index is 0.00892. The van der Waals surface area contributed by atoms with Gasteiger partial charge in [0, 0.05) is 22.3 Å². The first-order chi connectivity index (χ1) is 26.5. The van der Waals surface area contributed by atoms with E-state index in [9.17, 15) is 35.7 Å². The van der Waals surface area contributed by atoms with Crippen molar-refractivity contribution >= 4 is 10.8 Å². The average molecular weight is 737 g/mol. The summed E-state index contributed by atoms with van der Waals surface area (Å²) in [5.41, 5.74) is 7.85. The zero-order valence-electron chi connectivity index (χ0n) is 31.5. The van der Waals surface area contributed by atoms with Crippen LogP contribution >= 0.6 is 0 Å². The van der Waals surface area contributed by atoms with E-state index in [0.717, 1.165) is 60.1 Å². The molecule has 7 N–H and O–H groups in total. The number of phenols is 7. The van der Waals surface area contributed by atoms with Crippen molar-refractivity contribution in [1.29, 1.82) is 0 Å². The molecule has 5 atom stereocenters. The monoisotopic (exact) mass is 736 g/mol. The van der Waals surface area contributed by atoms with Crippen LogP contribution in [-0.2, 0) is 6.42 Å². The SMILES string of the molecule is Cc1c(O)c(O)c(-c2c3c(c(-c4cccc(C5CC5)c4C4C(C)C=CC5C=CCCC54)c4ccccc24)CCC[C@H]3C)c(-c2cc(O)c(O)c(O)c2O)c1O. The molecule has 282 valence electrons. The predicted molar refractivity (Wildman–Crippen MR) is 216 cm³/mol. The molecule has 5 aromatic carbocycles. The summed E-state index contributed by atoms with van der Waals surface area (Å²) >= 11 is 0. The maximum absolute atomic E-state index is 12.0. The van der Waals surface area contributed by atoms with E-state index in [1.54, 1.807) is 0 Å². The molecule has 0 bridgehead atoms. The molecule has 7 heteroatoms. The molecule has 0 saturated heterocycles. The smallest absolute Gasteiger partial charge is 0.204 e. The number of hydrogen-bond donors (Lipinski definition) is 7. The number of phenolic OH excluding ortho intramolecular Hbond substituents is 7. The Kier molecular flexibility index (Phi) is 8.34. The van der Waals surface area contributed by atoms with Crippen LogP contribution in [0.1, 0.15) is 97.9 Å². The van der Waals surface area contributed by atoms with Crippen LogP contribution in [0.4, 0.5) is 0 Å². The Balaban J connectivity index is 1.41. The number of allylic oxidation sites excluding steroid dienone is 4. The van der Waals surface area contributed by atoms with Gasteiger partial charge in [0.1, 0.15) is 5.75 Å². The molecule has 7 nitrogen and oxygen atoms in total. The van der Waals surface area contributed by atoms with Gasteiger partial charge < -0.3 is 35.7 Å². The van der Waals surface area contributed by atoms with E-state index in [4.69, 9.17) is 0 Å². The summed E-state index contributed by atoms with van der Waals surface area (Å²) < 4.78 is 0. The summed E-state index contributed by atoms with van der Waals surface area (Å²) in [5.74, 6) is -2.69. The van der Waals surface area contributed by atoms with Crippen molar-refractivity contribution < 1.29 is 35.7 Å². The van der Waals surface area contributed by atoms with Gasteiger partial charge in [-0.25, -0.2) is 0 Å². The summed E-state index contributed by atoms with van der Waals surface area (Å²) in [5, 5.41) is 79.8. The fourth-order valence-corrected chi connectivity index (χ4v) is 10.5. The van der Waals surface area contributed by atoms with Gasteiger partial charge in [-0.05, 0) is 143 Å². The highest BCUT2D eigenvalue weighted by Gasteiger charge is 2.41. The van der Waals surface area contributed by atoms with Gasteiger partial charge in [-0.15, -0.1) is 0 Å². The molecule has 9 rings (SSSR count). The molecule has 0 spiro atoms. The molecule has 55 heavy (non-hydrogen) atoms. The molecular weight excluding hydrogens is 689 g/mol. The van der Waals surface area contributed by atoms with Gasteiger partial charge in [-0.3, -0.25) is 0 Å². The second-order valence-electron chi connectivity index (χ2n) is 16.5. The van der Waals surface area contributed by atoms with E-state index in [1.165, 1.54) is 42.0 Å². The van der Waals surface area contributed by atoms with Crippen LogP contribution in [0, 0.1) is 24.7 Å². The van der Waals surface area contributed by atoms with Crippen molar-refractivity contribution in [2.24, 2.45) is 17.8 Å². The molecular formula is C48H48O7. The third-order valence-electron chi connectivity index (χ3n) is 13.3. The second kappa shape index (κ2) is 13.0. The fourth-order valence-electron chi connectivity index (χ4n) is 10.5. The largest absolute Gasteiger partial charge is 0.507 e. The maximum atomic E-state index is 12.0. The lowest BCUT2D eigenvalue weighted by Gasteiger charge is -2.42. The number of benzene rings is 5. The minimum atomic E-state index is -0.966. The first-order valence-electron chi connectivity index (χ1n) is 19.8. The van der Waals surface area contributed by atoms with Gasteiger partial charge in [-0.2, -0.15) is 0 Å². The van der Waals surface area contributed by atoms with Gasteiger partial charge in [0.05, 0.1) is 0 Å². The standard InChI is InChI=1S/C48H48O7/c1-23-10-8-16-32-37(23)40(42-41(43(50)25(3)44(51)47(42)54)34-22-35(49)46(53)48(55)45(34)52)31-14-7-6-13-30(31)38(32)33-17-9-15-29(27-20-21-27)39(33)36-24(2)18-19-26-11-4-5-12-28(26)36/h4,6-7,9,11,13-15,17-19,22-24,26-28,36,49-55H,5,8,10,12,16,20-21H2,1-3H3/t23-,24?,26?,28?,36?/m1/s1. The molecule has 5 aromatic rings. The van der Waals surface area contributed by atoms with Crippen molar-refractivity contribution in [3.05, 3.63) is 101 Å². The third-order valence-corrected chi connectivity index (χ3v) is 13.3. The van der Waals surface area contributed by atoms with Crippen molar-refractivity contribution in [2.45, 2.75) is 83.5 Å². The van der Waals surface area contributed by atoms with Crippen molar-refractivity contribution in [3.63, 3.8) is 0 Å². The third kappa shape index (κ3) is 5.30. The molecule has 4 aliphatic carbocycles. The molecule has 1 fully saturated rings. The summed E-state index contributed by atoms with van der Waals surface area (Å²) in [7, 11) is 0. The van der Waals surface area contributed by atoms with Gasteiger partial charge in [0.15, 0.2) is 23.0 Å². The minimum Gasteiger partial charge on any atom is -0.507 e. The summed E-state index contributed by atoms with van der Waals surface area (Å²) in [6, 6.07) is 16.1. The van der Waals surface area contributed by atoms with Crippen molar-refractivity contribution in [1.82, 2.24) is 0 Å². The lowest BCUT2D eigenvalue weighted by molar-refractivity contribution is 0.275. The van der Waals surface area contributed by atoms with Crippen LogP contribution in [0.2, 0.25) is 0 Å². The Morgan fingerprint density at radius 3 is 2.09 bits per heavy atom. The molecule has 1 saturated carbocycles. The summed E-state index contributed by atoms with van der Waals surface area (Å²) in [6.07, 6.45) is 16.8. The quantitative estimate of drug-likeness (QED) is 0.0541. The topological polar surface area (TPSA) is 142 Å². The summed E-state index contributed by atoms with van der Waals surface area (Å²) in [4.78, 5) is 0. The van der Waals surface area contributed by atoms with Crippen LogP contribution < -0.4 is 0 Å². The lowest BCUT2D eigenvalue weighted by Crippen LogP contribution is -2.30. The van der Waals surface area contributed by atoms with Crippen LogP contribution in [0.25, 0.3) is 44.2 Å². The number of aromatic hydroxyl groups is 7. The molecule has 4 aliphatic rings. The number of hydrogen-bond acceptors (Lipinski definition) is 7. The average Bonchev–Trinajstić information content (AvgIpc) is 4.04. The molecule has 0 aromatic heterocycles. The van der Waals surface area contributed by atoms with E-state index in [2.05, 4.69) is 62.4 Å². The fraction of sp³-hybridized carbons (Fsp3) is 0.333. The van der Waals surface area contributed by atoms with E-state index in [0.29, 0.717) is 35.2 Å².